The average molecular weight is 311 g/mol. The van der Waals surface area contributed by atoms with E-state index in [1.54, 1.807) is 31.2 Å². The summed E-state index contributed by atoms with van der Waals surface area (Å²) in [7, 11) is -3.28. The molecule has 116 valence electrons. The molecule has 4 N–H and O–H groups in total. The predicted molar refractivity (Wildman–Crippen MR) is 83.5 cm³/mol. The van der Waals surface area contributed by atoms with Gasteiger partial charge >= 0.3 is 0 Å². The van der Waals surface area contributed by atoms with E-state index >= 15 is 0 Å². The Morgan fingerprint density at radius 1 is 1.24 bits per heavy atom. The molecule has 1 saturated carbocycles. The van der Waals surface area contributed by atoms with Crippen molar-refractivity contribution in [1.29, 1.82) is 0 Å². The van der Waals surface area contributed by atoms with Crippen LogP contribution in [0.1, 0.15) is 26.2 Å². The normalized spacial score (nSPS) is 22.0. The van der Waals surface area contributed by atoms with Gasteiger partial charge in [-0.1, -0.05) is 6.42 Å². The van der Waals surface area contributed by atoms with Crippen LogP contribution in [0.25, 0.3) is 0 Å². The molecule has 0 aromatic heterocycles. The maximum absolute atomic E-state index is 12.1. The molecule has 0 aliphatic heterocycles. The zero-order valence-corrected chi connectivity index (χ0v) is 12.8. The summed E-state index contributed by atoms with van der Waals surface area (Å²) in [6, 6.07) is 6.52. The van der Waals surface area contributed by atoms with Gasteiger partial charge < -0.3 is 11.1 Å². The van der Waals surface area contributed by atoms with E-state index in [1.165, 1.54) is 0 Å². The maximum atomic E-state index is 12.1. The fourth-order valence-electron chi connectivity index (χ4n) is 2.42. The van der Waals surface area contributed by atoms with Crippen LogP contribution in [0.2, 0.25) is 0 Å². The average Bonchev–Trinajstić information content (AvgIpc) is 2.87. The number of carbonyl (C=O) groups excluding carboxylic acids is 1. The molecule has 0 saturated heterocycles. The number of hydrogen-bond acceptors (Lipinski definition) is 4. The van der Waals surface area contributed by atoms with Crippen LogP contribution < -0.4 is 15.8 Å². The molecule has 0 heterocycles. The van der Waals surface area contributed by atoms with Gasteiger partial charge in [0.05, 0.1) is 11.7 Å². The smallest absolute Gasteiger partial charge is 0.232 e. The van der Waals surface area contributed by atoms with Crippen molar-refractivity contribution >= 4 is 27.3 Å². The number of sulfonamides is 1. The van der Waals surface area contributed by atoms with Gasteiger partial charge in [0.15, 0.2) is 0 Å². The molecule has 1 amide bonds. The van der Waals surface area contributed by atoms with Crippen LogP contribution >= 0.6 is 0 Å². The summed E-state index contributed by atoms with van der Waals surface area (Å²) in [6.45, 7) is 1.57. The van der Waals surface area contributed by atoms with E-state index < -0.39 is 10.0 Å². The minimum Gasteiger partial charge on any atom is -0.327 e. The lowest BCUT2D eigenvalue weighted by Crippen LogP contribution is -2.34. The van der Waals surface area contributed by atoms with Crippen molar-refractivity contribution in [3.63, 3.8) is 0 Å². The van der Waals surface area contributed by atoms with Gasteiger partial charge in [0, 0.05) is 17.4 Å². The van der Waals surface area contributed by atoms with E-state index in [0.717, 1.165) is 19.3 Å². The lowest BCUT2D eigenvalue weighted by atomic mass is 10.0. The summed E-state index contributed by atoms with van der Waals surface area (Å²) in [6.07, 6.45) is 2.69. The quantitative estimate of drug-likeness (QED) is 0.767. The first kappa shape index (κ1) is 15.8. The molecule has 2 unspecified atom stereocenters. The molecule has 1 aromatic carbocycles. The van der Waals surface area contributed by atoms with Crippen molar-refractivity contribution in [3.8, 4) is 0 Å². The molecular weight excluding hydrogens is 290 g/mol. The number of hydrogen-bond donors (Lipinski definition) is 3. The van der Waals surface area contributed by atoms with E-state index in [0.29, 0.717) is 11.4 Å². The molecule has 2 atom stereocenters. The third-order valence-electron chi connectivity index (χ3n) is 3.71. The molecule has 1 aliphatic rings. The highest BCUT2D eigenvalue weighted by molar-refractivity contribution is 7.92. The van der Waals surface area contributed by atoms with Gasteiger partial charge in [-0.2, -0.15) is 0 Å². The second-order valence-corrected chi connectivity index (χ2v) is 7.28. The highest BCUT2D eigenvalue weighted by Crippen LogP contribution is 2.25. The third kappa shape index (κ3) is 4.18. The first-order valence-corrected chi connectivity index (χ1v) is 8.73. The van der Waals surface area contributed by atoms with Gasteiger partial charge in [-0.3, -0.25) is 9.52 Å². The zero-order valence-electron chi connectivity index (χ0n) is 12.0. The van der Waals surface area contributed by atoms with E-state index in [-0.39, 0.29) is 23.6 Å². The number of carbonyl (C=O) groups is 1. The van der Waals surface area contributed by atoms with Gasteiger partial charge in [0.1, 0.15) is 0 Å². The summed E-state index contributed by atoms with van der Waals surface area (Å²) in [5, 5.41) is 2.82. The highest BCUT2D eigenvalue weighted by Gasteiger charge is 2.30. The van der Waals surface area contributed by atoms with E-state index in [9.17, 15) is 13.2 Å². The Balaban J connectivity index is 1.98. The fourth-order valence-corrected chi connectivity index (χ4v) is 3.06. The van der Waals surface area contributed by atoms with Crippen LogP contribution in [-0.2, 0) is 14.8 Å². The maximum Gasteiger partial charge on any atom is 0.232 e. The van der Waals surface area contributed by atoms with Crippen molar-refractivity contribution in [2.45, 2.75) is 32.2 Å². The van der Waals surface area contributed by atoms with Crippen LogP contribution in [0.3, 0.4) is 0 Å². The highest BCUT2D eigenvalue weighted by atomic mass is 32.2. The van der Waals surface area contributed by atoms with Crippen molar-refractivity contribution in [2.75, 3.05) is 15.8 Å². The molecule has 6 nitrogen and oxygen atoms in total. The second-order valence-electron chi connectivity index (χ2n) is 5.27. The van der Waals surface area contributed by atoms with Gasteiger partial charge in [-0.05, 0) is 44.0 Å². The molecule has 1 aliphatic carbocycles. The first-order valence-electron chi connectivity index (χ1n) is 7.08. The zero-order chi connectivity index (χ0) is 15.5. The molecular formula is C14H21N3O3S. The largest absolute Gasteiger partial charge is 0.327 e. The van der Waals surface area contributed by atoms with Crippen LogP contribution in [0.15, 0.2) is 24.3 Å². The Kier molecular flexibility index (Phi) is 4.84. The van der Waals surface area contributed by atoms with Gasteiger partial charge in [0.2, 0.25) is 15.9 Å². The summed E-state index contributed by atoms with van der Waals surface area (Å²) in [4.78, 5) is 12.1. The summed E-state index contributed by atoms with van der Waals surface area (Å²) < 4.78 is 25.3. The van der Waals surface area contributed by atoms with E-state index in [1.807, 2.05) is 0 Å². The third-order valence-corrected chi connectivity index (χ3v) is 5.02. The van der Waals surface area contributed by atoms with E-state index in [4.69, 9.17) is 5.73 Å². The van der Waals surface area contributed by atoms with Gasteiger partial charge in [-0.15, -0.1) is 0 Å². The predicted octanol–water partition coefficient (Wildman–Crippen LogP) is 1.51. The molecule has 1 fully saturated rings. The van der Waals surface area contributed by atoms with Crippen molar-refractivity contribution < 1.29 is 13.2 Å². The standard InChI is InChI=1S/C14H21N3O3S/c1-2-21(19,20)17-11-8-6-10(7-9-11)16-14(18)12-4-3-5-13(12)15/h6-9,12-13,17H,2-5,15H2,1H3,(H,16,18). The fraction of sp³-hybridized carbons (Fsp3) is 0.500. The van der Waals surface area contributed by atoms with Crippen molar-refractivity contribution in [1.82, 2.24) is 0 Å². The molecule has 7 heteroatoms. The SMILES string of the molecule is CCS(=O)(=O)Nc1ccc(NC(=O)C2CCCC2N)cc1. The molecule has 2 rings (SSSR count). The Morgan fingerprint density at radius 3 is 2.38 bits per heavy atom. The summed E-state index contributed by atoms with van der Waals surface area (Å²) >= 11 is 0. The number of benzene rings is 1. The number of rotatable bonds is 5. The molecule has 0 radical (unpaired) electrons. The Bertz CT molecular complexity index is 598. The topological polar surface area (TPSA) is 101 Å². The summed E-state index contributed by atoms with van der Waals surface area (Å²) in [5.74, 6) is -0.185. The van der Waals surface area contributed by atoms with Crippen molar-refractivity contribution in [2.24, 2.45) is 11.7 Å². The number of anilines is 2. The minimum absolute atomic E-state index is 0.0189. The second kappa shape index (κ2) is 6.44. The number of amides is 1. The van der Waals surface area contributed by atoms with Crippen molar-refractivity contribution in [3.05, 3.63) is 24.3 Å². The molecule has 0 spiro atoms. The number of nitrogens with one attached hydrogen (secondary N) is 2. The number of nitrogens with two attached hydrogens (primary N) is 1. The lowest BCUT2D eigenvalue weighted by Gasteiger charge is -2.15. The van der Waals surface area contributed by atoms with Gasteiger partial charge in [0.25, 0.3) is 0 Å². The van der Waals surface area contributed by atoms with Crippen LogP contribution in [0.4, 0.5) is 11.4 Å². The van der Waals surface area contributed by atoms with Gasteiger partial charge in [-0.25, -0.2) is 8.42 Å². The minimum atomic E-state index is -3.28. The van der Waals surface area contributed by atoms with Crippen LogP contribution in [0, 0.1) is 5.92 Å². The Morgan fingerprint density at radius 2 is 1.86 bits per heavy atom. The monoisotopic (exact) mass is 311 g/mol. The van der Waals surface area contributed by atoms with Crippen LogP contribution in [-0.4, -0.2) is 26.1 Å². The molecule has 1 aromatic rings. The van der Waals surface area contributed by atoms with Crippen LogP contribution in [0.5, 0.6) is 0 Å². The van der Waals surface area contributed by atoms with E-state index in [2.05, 4.69) is 10.0 Å². The first-order chi connectivity index (χ1) is 9.91. The Labute approximate surface area is 125 Å². The lowest BCUT2D eigenvalue weighted by molar-refractivity contribution is -0.120. The molecule has 21 heavy (non-hydrogen) atoms. The molecule has 0 bridgehead atoms. The summed E-state index contributed by atoms with van der Waals surface area (Å²) in [5.41, 5.74) is 7.02. The Hall–Kier alpha value is -1.60.